The zero-order valence-electron chi connectivity index (χ0n) is 12.2. The molecule has 0 spiro atoms. The van der Waals surface area contributed by atoms with Crippen molar-refractivity contribution in [2.45, 2.75) is 13.5 Å². The van der Waals surface area contributed by atoms with Gasteiger partial charge in [-0.1, -0.05) is 48.0 Å². The van der Waals surface area contributed by atoms with E-state index >= 15 is 0 Å². The molecule has 1 amide bonds. The number of carbonyl (C=O) groups is 1. The molecule has 2 nitrogen and oxygen atoms in total. The minimum Gasteiger partial charge on any atom is -0.338 e. The Morgan fingerprint density at radius 2 is 1.81 bits per heavy atom. The van der Waals surface area contributed by atoms with Crippen molar-refractivity contribution in [1.82, 2.24) is 4.90 Å². The van der Waals surface area contributed by atoms with Gasteiger partial charge >= 0.3 is 0 Å². The number of carbonyl (C=O) groups excluding carboxylic acids is 1. The highest BCUT2D eigenvalue weighted by molar-refractivity contribution is 5.91. The first kappa shape index (κ1) is 15.0. The number of hydrogen-bond donors (Lipinski definition) is 0. The van der Waals surface area contributed by atoms with E-state index in [9.17, 15) is 9.18 Å². The van der Waals surface area contributed by atoms with E-state index in [4.69, 9.17) is 0 Å². The van der Waals surface area contributed by atoms with Crippen LogP contribution in [0.3, 0.4) is 0 Å². The molecule has 0 aromatic heterocycles. The van der Waals surface area contributed by atoms with E-state index < -0.39 is 0 Å². The molecule has 0 aliphatic heterocycles. The van der Waals surface area contributed by atoms with Crippen LogP contribution in [-0.4, -0.2) is 17.9 Å². The molecule has 0 bridgehead atoms. The maximum Gasteiger partial charge on any atom is 0.246 e. The fourth-order valence-electron chi connectivity index (χ4n) is 1.93. The lowest BCUT2D eigenvalue weighted by Crippen LogP contribution is -2.24. The molecule has 0 radical (unpaired) electrons. The predicted molar refractivity (Wildman–Crippen MR) is 83.1 cm³/mol. The Labute approximate surface area is 124 Å². The molecule has 0 heterocycles. The fourth-order valence-corrected chi connectivity index (χ4v) is 1.93. The van der Waals surface area contributed by atoms with E-state index in [1.165, 1.54) is 22.6 Å². The van der Waals surface area contributed by atoms with Crippen LogP contribution in [0, 0.1) is 12.7 Å². The average molecular weight is 283 g/mol. The van der Waals surface area contributed by atoms with E-state index in [2.05, 4.69) is 0 Å². The Morgan fingerprint density at radius 1 is 1.14 bits per heavy atom. The van der Waals surface area contributed by atoms with Gasteiger partial charge in [0.05, 0.1) is 0 Å². The summed E-state index contributed by atoms with van der Waals surface area (Å²) < 4.78 is 13.5. The molecule has 0 N–H and O–H groups in total. The van der Waals surface area contributed by atoms with Gasteiger partial charge < -0.3 is 4.90 Å². The van der Waals surface area contributed by atoms with Crippen molar-refractivity contribution < 1.29 is 9.18 Å². The lowest BCUT2D eigenvalue weighted by Gasteiger charge is -2.15. The number of aryl methyl sites for hydroxylation is 1. The number of rotatable bonds is 4. The summed E-state index contributed by atoms with van der Waals surface area (Å²) in [6, 6.07) is 14.4. The minimum absolute atomic E-state index is 0.154. The summed E-state index contributed by atoms with van der Waals surface area (Å²) >= 11 is 0. The van der Waals surface area contributed by atoms with Gasteiger partial charge in [-0.3, -0.25) is 4.79 Å². The van der Waals surface area contributed by atoms with Crippen molar-refractivity contribution in [1.29, 1.82) is 0 Å². The van der Waals surface area contributed by atoms with Gasteiger partial charge in [-0.05, 0) is 24.6 Å². The molecule has 0 aliphatic rings. The van der Waals surface area contributed by atoms with Gasteiger partial charge in [0.2, 0.25) is 5.91 Å². The molecule has 0 saturated carbocycles. The summed E-state index contributed by atoms with van der Waals surface area (Å²) in [5.74, 6) is -0.446. The number of nitrogens with zero attached hydrogens (tertiary/aromatic N) is 1. The molecule has 108 valence electrons. The normalized spacial score (nSPS) is 10.8. The third-order valence-corrected chi connectivity index (χ3v) is 3.24. The first-order valence-electron chi connectivity index (χ1n) is 6.79. The summed E-state index contributed by atoms with van der Waals surface area (Å²) in [5, 5.41) is 0. The third kappa shape index (κ3) is 4.28. The lowest BCUT2D eigenvalue weighted by atomic mass is 10.1. The van der Waals surface area contributed by atoms with Gasteiger partial charge in [-0.15, -0.1) is 0 Å². The average Bonchev–Trinajstić information content (AvgIpc) is 2.48. The quantitative estimate of drug-likeness (QED) is 0.781. The second-order valence-corrected chi connectivity index (χ2v) is 5.03. The molecule has 0 unspecified atom stereocenters. The highest BCUT2D eigenvalue weighted by atomic mass is 19.1. The number of hydrogen-bond acceptors (Lipinski definition) is 1. The Bertz CT molecular complexity index is 647. The molecule has 0 fully saturated rings. The van der Waals surface area contributed by atoms with Crippen molar-refractivity contribution in [3.63, 3.8) is 0 Å². The third-order valence-electron chi connectivity index (χ3n) is 3.24. The summed E-state index contributed by atoms with van der Waals surface area (Å²) in [4.78, 5) is 13.5. The van der Waals surface area contributed by atoms with Crippen molar-refractivity contribution in [2.24, 2.45) is 0 Å². The molecule has 0 aliphatic carbocycles. The van der Waals surface area contributed by atoms with Gasteiger partial charge in [0, 0.05) is 25.2 Å². The van der Waals surface area contributed by atoms with E-state index in [0.29, 0.717) is 5.56 Å². The molecular formula is C18H18FNO. The van der Waals surface area contributed by atoms with Crippen LogP contribution in [-0.2, 0) is 11.3 Å². The Kier molecular flexibility index (Phi) is 4.88. The van der Waals surface area contributed by atoms with E-state index in [-0.39, 0.29) is 18.3 Å². The van der Waals surface area contributed by atoms with E-state index in [1.54, 1.807) is 31.3 Å². The van der Waals surface area contributed by atoms with Gasteiger partial charge in [0.15, 0.2) is 0 Å². The molecule has 0 saturated heterocycles. The number of halogens is 1. The Morgan fingerprint density at radius 3 is 2.48 bits per heavy atom. The molecule has 2 aromatic rings. The van der Waals surface area contributed by atoms with Gasteiger partial charge in [-0.25, -0.2) is 4.39 Å². The van der Waals surface area contributed by atoms with Crippen LogP contribution in [0.5, 0.6) is 0 Å². The zero-order valence-corrected chi connectivity index (χ0v) is 12.2. The smallest absolute Gasteiger partial charge is 0.246 e. The van der Waals surface area contributed by atoms with E-state index in [1.807, 2.05) is 31.2 Å². The molecular weight excluding hydrogens is 265 g/mol. The number of benzene rings is 2. The maximum absolute atomic E-state index is 13.5. The summed E-state index contributed by atoms with van der Waals surface area (Å²) in [5.41, 5.74) is 2.65. The fraction of sp³-hybridized carbons (Fsp3) is 0.167. The van der Waals surface area contributed by atoms with Crippen molar-refractivity contribution in [3.8, 4) is 0 Å². The van der Waals surface area contributed by atoms with Crippen molar-refractivity contribution >= 4 is 12.0 Å². The standard InChI is InChI=1S/C18H18FNO/c1-14-7-9-15(10-8-14)11-12-18(21)20(2)13-16-5-3-4-6-17(16)19/h3-12H,13H2,1-2H3/b12-11+. The first-order chi connectivity index (χ1) is 10.1. The zero-order chi connectivity index (χ0) is 15.2. The second-order valence-electron chi connectivity index (χ2n) is 5.03. The largest absolute Gasteiger partial charge is 0.338 e. The molecule has 2 rings (SSSR count). The van der Waals surface area contributed by atoms with Crippen LogP contribution in [0.2, 0.25) is 0 Å². The SMILES string of the molecule is Cc1ccc(/C=C/C(=O)N(C)Cc2ccccc2F)cc1. The second kappa shape index (κ2) is 6.84. The Hall–Kier alpha value is -2.42. The summed E-state index contributed by atoms with van der Waals surface area (Å²) in [7, 11) is 1.66. The van der Waals surface area contributed by atoms with E-state index in [0.717, 1.165) is 5.56 Å². The lowest BCUT2D eigenvalue weighted by molar-refractivity contribution is -0.125. The number of amides is 1. The summed E-state index contributed by atoms with van der Waals surface area (Å²) in [6.45, 7) is 2.27. The van der Waals surface area contributed by atoms with Crippen LogP contribution in [0.4, 0.5) is 4.39 Å². The summed E-state index contributed by atoms with van der Waals surface area (Å²) in [6.07, 6.45) is 3.27. The topological polar surface area (TPSA) is 20.3 Å². The van der Waals surface area contributed by atoms with Gasteiger partial charge in [0.1, 0.15) is 5.82 Å². The molecule has 21 heavy (non-hydrogen) atoms. The van der Waals surface area contributed by atoms with Gasteiger partial charge in [0.25, 0.3) is 0 Å². The van der Waals surface area contributed by atoms with Crippen LogP contribution in [0.25, 0.3) is 6.08 Å². The minimum atomic E-state index is -0.292. The van der Waals surface area contributed by atoms with Crippen molar-refractivity contribution in [2.75, 3.05) is 7.05 Å². The molecule has 0 atom stereocenters. The monoisotopic (exact) mass is 283 g/mol. The highest BCUT2D eigenvalue weighted by Gasteiger charge is 2.08. The van der Waals surface area contributed by atoms with Crippen LogP contribution in [0.15, 0.2) is 54.6 Å². The first-order valence-corrected chi connectivity index (χ1v) is 6.79. The number of likely N-dealkylation sites (N-methyl/N-ethyl adjacent to an activating group) is 1. The van der Waals surface area contributed by atoms with Crippen LogP contribution < -0.4 is 0 Å². The highest BCUT2D eigenvalue weighted by Crippen LogP contribution is 2.10. The Balaban J connectivity index is 1.99. The van der Waals surface area contributed by atoms with Crippen LogP contribution in [0.1, 0.15) is 16.7 Å². The van der Waals surface area contributed by atoms with Crippen LogP contribution >= 0.6 is 0 Å². The predicted octanol–water partition coefficient (Wildman–Crippen LogP) is 3.81. The maximum atomic E-state index is 13.5. The molecule has 2 aromatic carbocycles. The van der Waals surface area contributed by atoms with Crippen molar-refractivity contribution in [3.05, 3.63) is 77.1 Å². The van der Waals surface area contributed by atoms with Gasteiger partial charge in [-0.2, -0.15) is 0 Å². The molecule has 3 heteroatoms.